The molecule has 0 atom stereocenters. The topological polar surface area (TPSA) is 62.0 Å². The first-order valence-corrected chi connectivity index (χ1v) is 8.06. The predicted octanol–water partition coefficient (Wildman–Crippen LogP) is 3.34. The Labute approximate surface area is 137 Å². The predicted molar refractivity (Wildman–Crippen MR) is 92.7 cm³/mol. The maximum Gasteiger partial charge on any atom is 0.261 e. The Balaban J connectivity index is 1.69. The molecule has 0 saturated heterocycles. The molecule has 0 saturated carbocycles. The van der Waals surface area contributed by atoms with Gasteiger partial charge in [-0.15, -0.1) is 11.3 Å². The first-order chi connectivity index (χ1) is 11.1. The van der Waals surface area contributed by atoms with Crippen LogP contribution < -0.4 is 10.9 Å². The van der Waals surface area contributed by atoms with Crippen LogP contribution in [0.4, 0.5) is 0 Å². The van der Waals surface area contributed by atoms with E-state index < -0.39 is 0 Å². The van der Waals surface area contributed by atoms with Crippen molar-refractivity contribution in [2.45, 2.75) is 13.5 Å². The molecule has 0 aliphatic heterocycles. The summed E-state index contributed by atoms with van der Waals surface area (Å²) < 4.78 is 0. The SMILES string of the molecule is Cc1cccc(CNC(=O)c2ccc(-c3ccc(=O)[nH]c3)s2)c1. The second-order valence-electron chi connectivity index (χ2n) is 5.28. The summed E-state index contributed by atoms with van der Waals surface area (Å²) in [5, 5.41) is 2.93. The lowest BCUT2D eigenvalue weighted by Gasteiger charge is -2.04. The van der Waals surface area contributed by atoms with Gasteiger partial charge in [0.15, 0.2) is 0 Å². The maximum absolute atomic E-state index is 12.2. The fraction of sp³-hybridized carbons (Fsp3) is 0.111. The highest BCUT2D eigenvalue weighted by molar-refractivity contribution is 7.17. The molecule has 5 heteroatoms. The quantitative estimate of drug-likeness (QED) is 0.773. The number of aryl methyl sites for hydroxylation is 1. The van der Waals surface area contributed by atoms with E-state index in [9.17, 15) is 9.59 Å². The lowest BCUT2D eigenvalue weighted by atomic mass is 10.1. The van der Waals surface area contributed by atoms with E-state index in [0.717, 1.165) is 16.0 Å². The molecule has 2 aromatic heterocycles. The van der Waals surface area contributed by atoms with Crippen LogP contribution >= 0.6 is 11.3 Å². The fourth-order valence-electron chi connectivity index (χ4n) is 2.27. The highest BCUT2D eigenvalue weighted by Crippen LogP contribution is 2.27. The standard InChI is InChI=1S/C18H16N2O2S/c1-12-3-2-4-13(9-12)10-20-18(22)16-7-6-15(23-16)14-5-8-17(21)19-11-14/h2-9,11H,10H2,1H3,(H,19,21)(H,20,22). The van der Waals surface area contributed by atoms with E-state index in [2.05, 4.69) is 16.4 Å². The lowest BCUT2D eigenvalue weighted by Crippen LogP contribution is -2.21. The first-order valence-electron chi connectivity index (χ1n) is 7.24. The van der Waals surface area contributed by atoms with Crippen molar-refractivity contribution in [3.8, 4) is 10.4 Å². The van der Waals surface area contributed by atoms with Crippen LogP contribution in [0, 0.1) is 6.92 Å². The summed E-state index contributed by atoms with van der Waals surface area (Å²) in [5.74, 6) is -0.0906. The van der Waals surface area contributed by atoms with Crippen LogP contribution in [0.1, 0.15) is 20.8 Å². The van der Waals surface area contributed by atoms with E-state index in [0.29, 0.717) is 11.4 Å². The summed E-state index contributed by atoms with van der Waals surface area (Å²) in [4.78, 5) is 27.6. The average molecular weight is 324 g/mol. The summed E-state index contributed by atoms with van der Waals surface area (Å²) in [6, 6.07) is 15.0. The number of aromatic amines is 1. The summed E-state index contributed by atoms with van der Waals surface area (Å²) >= 11 is 1.40. The number of carbonyl (C=O) groups is 1. The van der Waals surface area contributed by atoms with E-state index in [1.54, 1.807) is 18.3 Å². The molecule has 3 rings (SSSR count). The van der Waals surface area contributed by atoms with Crippen LogP contribution in [0.15, 0.2) is 59.5 Å². The molecule has 3 aromatic rings. The van der Waals surface area contributed by atoms with Crippen molar-refractivity contribution >= 4 is 17.2 Å². The third-order valence-electron chi connectivity index (χ3n) is 3.43. The van der Waals surface area contributed by atoms with Gasteiger partial charge in [-0.25, -0.2) is 0 Å². The monoisotopic (exact) mass is 324 g/mol. The minimum absolute atomic E-state index is 0.0906. The second-order valence-corrected chi connectivity index (χ2v) is 6.36. The molecule has 0 spiro atoms. The van der Waals surface area contributed by atoms with Crippen molar-refractivity contribution in [2.24, 2.45) is 0 Å². The van der Waals surface area contributed by atoms with E-state index in [1.165, 1.54) is 23.0 Å². The molecular formula is C18H16N2O2S. The molecule has 1 amide bonds. The van der Waals surface area contributed by atoms with Crippen LogP contribution in [0.3, 0.4) is 0 Å². The Kier molecular flexibility index (Phi) is 4.39. The summed E-state index contributed by atoms with van der Waals surface area (Å²) in [6.07, 6.45) is 1.66. The van der Waals surface area contributed by atoms with Crippen LogP contribution in [0.5, 0.6) is 0 Å². The smallest absolute Gasteiger partial charge is 0.261 e. The van der Waals surface area contributed by atoms with E-state index in [4.69, 9.17) is 0 Å². The number of rotatable bonds is 4. The van der Waals surface area contributed by atoms with Gasteiger partial charge in [0.1, 0.15) is 0 Å². The van der Waals surface area contributed by atoms with Crippen LogP contribution in [0.25, 0.3) is 10.4 Å². The fourth-order valence-corrected chi connectivity index (χ4v) is 3.19. The zero-order valence-corrected chi connectivity index (χ0v) is 13.4. The van der Waals surface area contributed by atoms with Gasteiger partial charge in [0.25, 0.3) is 5.91 Å². The average Bonchev–Trinajstić information content (AvgIpc) is 3.03. The number of benzene rings is 1. The van der Waals surface area contributed by atoms with Gasteiger partial charge < -0.3 is 10.3 Å². The number of nitrogens with one attached hydrogen (secondary N) is 2. The molecule has 2 N–H and O–H groups in total. The summed E-state index contributed by atoms with van der Waals surface area (Å²) in [7, 11) is 0. The molecule has 0 aliphatic rings. The first kappa shape index (κ1) is 15.2. The van der Waals surface area contributed by atoms with Gasteiger partial charge in [-0.1, -0.05) is 29.8 Å². The van der Waals surface area contributed by atoms with Crippen molar-refractivity contribution in [1.82, 2.24) is 10.3 Å². The van der Waals surface area contributed by atoms with E-state index >= 15 is 0 Å². The van der Waals surface area contributed by atoms with Gasteiger partial charge in [0.05, 0.1) is 4.88 Å². The van der Waals surface area contributed by atoms with Crippen LogP contribution in [-0.2, 0) is 6.54 Å². The number of pyridine rings is 1. The number of hydrogen-bond donors (Lipinski definition) is 2. The van der Waals surface area contributed by atoms with E-state index in [-0.39, 0.29) is 11.5 Å². The van der Waals surface area contributed by atoms with Crippen molar-refractivity contribution in [2.75, 3.05) is 0 Å². The Bertz CT molecular complexity index is 875. The van der Waals surface area contributed by atoms with Gasteiger partial charge in [-0.3, -0.25) is 9.59 Å². The van der Waals surface area contributed by atoms with Crippen LogP contribution in [0.2, 0.25) is 0 Å². The van der Waals surface area contributed by atoms with Gasteiger partial charge >= 0.3 is 0 Å². The van der Waals surface area contributed by atoms with Gasteiger partial charge in [-0.05, 0) is 30.7 Å². The number of carbonyl (C=O) groups excluding carboxylic acids is 1. The normalized spacial score (nSPS) is 10.5. The maximum atomic E-state index is 12.2. The lowest BCUT2D eigenvalue weighted by molar-refractivity contribution is 0.0955. The number of aromatic nitrogens is 1. The summed E-state index contributed by atoms with van der Waals surface area (Å²) in [6.45, 7) is 2.54. The molecule has 4 nitrogen and oxygen atoms in total. The molecule has 1 aromatic carbocycles. The van der Waals surface area contributed by atoms with Crippen molar-refractivity contribution < 1.29 is 4.79 Å². The number of H-pyrrole nitrogens is 1. The zero-order valence-electron chi connectivity index (χ0n) is 12.6. The largest absolute Gasteiger partial charge is 0.347 e. The summed E-state index contributed by atoms with van der Waals surface area (Å²) in [5.41, 5.74) is 3.01. The molecule has 0 bridgehead atoms. The molecule has 0 radical (unpaired) electrons. The Morgan fingerprint density at radius 3 is 2.78 bits per heavy atom. The molecule has 0 fully saturated rings. The third-order valence-corrected chi connectivity index (χ3v) is 4.57. The number of thiophene rings is 1. The molecule has 0 unspecified atom stereocenters. The molecular weight excluding hydrogens is 308 g/mol. The van der Waals surface area contributed by atoms with Gasteiger partial charge in [0.2, 0.25) is 5.56 Å². The second kappa shape index (κ2) is 6.62. The third kappa shape index (κ3) is 3.76. The molecule has 2 heterocycles. The van der Waals surface area contributed by atoms with Gasteiger partial charge in [0, 0.05) is 29.2 Å². The minimum atomic E-state index is -0.138. The highest BCUT2D eigenvalue weighted by atomic mass is 32.1. The Morgan fingerprint density at radius 2 is 2.04 bits per heavy atom. The molecule has 23 heavy (non-hydrogen) atoms. The number of amides is 1. The van der Waals surface area contributed by atoms with Crippen molar-refractivity contribution in [3.05, 3.63) is 81.1 Å². The minimum Gasteiger partial charge on any atom is -0.347 e. The van der Waals surface area contributed by atoms with Crippen LogP contribution in [-0.4, -0.2) is 10.9 Å². The van der Waals surface area contributed by atoms with E-state index in [1.807, 2.05) is 31.2 Å². The van der Waals surface area contributed by atoms with Crippen molar-refractivity contribution in [1.29, 1.82) is 0 Å². The molecule has 0 aliphatic carbocycles. The zero-order chi connectivity index (χ0) is 16.2. The number of hydrogen-bond acceptors (Lipinski definition) is 3. The molecule has 116 valence electrons. The van der Waals surface area contributed by atoms with Gasteiger partial charge in [-0.2, -0.15) is 0 Å². The Morgan fingerprint density at radius 1 is 1.17 bits per heavy atom. The Hall–Kier alpha value is -2.66. The highest BCUT2D eigenvalue weighted by Gasteiger charge is 2.10. The van der Waals surface area contributed by atoms with Crippen molar-refractivity contribution in [3.63, 3.8) is 0 Å².